The average Bonchev–Trinajstić information content (AvgIpc) is 2.82. The van der Waals surface area contributed by atoms with E-state index >= 15 is 0 Å². The molecule has 0 unspecified atom stereocenters. The van der Waals surface area contributed by atoms with E-state index < -0.39 is 0 Å². The summed E-state index contributed by atoms with van der Waals surface area (Å²) in [5.74, 6) is 2.60. The molecule has 0 amide bonds. The van der Waals surface area contributed by atoms with Crippen LogP contribution in [0, 0.1) is 6.92 Å². The van der Waals surface area contributed by atoms with E-state index in [0.29, 0.717) is 60.8 Å². The van der Waals surface area contributed by atoms with Gasteiger partial charge in [0.2, 0.25) is 23.4 Å². The van der Waals surface area contributed by atoms with Gasteiger partial charge < -0.3 is 30.4 Å². The van der Waals surface area contributed by atoms with Gasteiger partial charge in [-0.15, -0.1) is 0 Å². The van der Waals surface area contributed by atoms with Crippen molar-refractivity contribution in [2.45, 2.75) is 86.0 Å². The Morgan fingerprint density at radius 2 is 0.914 bits per heavy atom. The van der Waals surface area contributed by atoms with Gasteiger partial charge in [-0.25, -0.2) is 0 Å². The van der Waals surface area contributed by atoms with Crippen molar-refractivity contribution < 1.29 is 18.9 Å². The first kappa shape index (κ1) is 28.3. The van der Waals surface area contributed by atoms with Crippen LogP contribution in [0.25, 0.3) is 11.4 Å². The second-order valence-electron chi connectivity index (χ2n) is 8.50. The van der Waals surface area contributed by atoms with Crippen molar-refractivity contribution in [1.29, 1.82) is 0 Å². The number of nitrogen functional groups attached to an aromatic ring is 2. The molecule has 1 aromatic heterocycles. The van der Waals surface area contributed by atoms with Gasteiger partial charge in [0, 0.05) is 5.56 Å². The van der Waals surface area contributed by atoms with Gasteiger partial charge in [-0.2, -0.15) is 15.0 Å². The smallest absolute Gasteiger partial charge is 0.225 e. The van der Waals surface area contributed by atoms with Gasteiger partial charge in [0.1, 0.15) is 0 Å². The Morgan fingerprint density at radius 3 is 1.34 bits per heavy atom. The van der Waals surface area contributed by atoms with Crippen molar-refractivity contribution in [3.63, 3.8) is 0 Å². The highest BCUT2D eigenvalue weighted by Crippen LogP contribution is 2.53. The summed E-state index contributed by atoms with van der Waals surface area (Å²) in [6, 6.07) is 0. The van der Waals surface area contributed by atoms with E-state index in [1.54, 1.807) is 0 Å². The molecule has 0 saturated carbocycles. The molecule has 0 radical (unpaired) electrons. The summed E-state index contributed by atoms with van der Waals surface area (Å²) in [6.07, 6.45) is 7.61. The van der Waals surface area contributed by atoms with E-state index in [1.165, 1.54) is 0 Å². The predicted octanol–water partition coefficient (Wildman–Crippen LogP) is 5.73. The number of unbranched alkanes of at least 4 members (excludes halogenated alkanes) is 4. The Balaban J connectivity index is 2.80. The van der Waals surface area contributed by atoms with Crippen molar-refractivity contribution >= 4 is 11.9 Å². The molecule has 1 heterocycles. The van der Waals surface area contributed by atoms with Crippen LogP contribution in [0.1, 0.15) is 84.6 Å². The van der Waals surface area contributed by atoms with Crippen molar-refractivity contribution in [3.8, 4) is 34.4 Å². The molecule has 0 aliphatic carbocycles. The van der Waals surface area contributed by atoms with Gasteiger partial charge in [-0.05, 0) is 32.6 Å². The van der Waals surface area contributed by atoms with E-state index in [-0.39, 0.29) is 11.9 Å². The highest BCUT2D eigenvalue weighted by Gasteiger charge is 2.30. The quantitative estimate of drug-likeness (QED) is 0.268. The number of hydrogen-bond acceptors (Lipinski definition) is 9. The maximum Gasteiger partial charge on any atom is 0.225 e. The van der Waals surface area contributed by atoms with E-state index in [2.05, 4.69) is 42.6 Å². The zero-order chi connectivity index (χ0) is 25.6. The van der Waals surface area contributed by atoms with Gasteiger partial charge in [0.25, 0.3) is 0 Å². The van der Waals surface area contributed by atoms with Crippen molar-refractivity contribution in [3.05, 3.63) is 5.56 Å². The molecule has 0 spiro atoms. The first-order valence-electron chi connectivity index (χ1n) is 13.0. The maximum atomic E-state index is 6.34. The fourth-order valence-electron chi connectivity index (χ4n) is 3.41. The van der Waals surface area contributed by atoms with Crippen LogP contribution in [0.4, 0.5) is 11.9 Å². The fraction of sp³-hybridized carbons (Fsp3) is 0.654. The van der Waals surface area contributed by atoms with Gasteiger partial charge >= 0.3 is 0 Å². The fourth-order valence-corrected chi connectivity index (χ4v) is 3.41. The van der Waals surface area contributed by atoms with Crippen LogP contribution in [0.3, 0.4) is 0 Å². The maximum absolute atomic E-state index is 6.34. The highest BCUT2D eigenvalue weighted by atomic mass is 16.6. The molecular formula is C26H43N5O4. The molecule has 0 fully saturated rings. The molecule has 2 rings (SSSR count). The van der Waals surface area contributed by atoms with Gasteiger partial charge in [0.15, 0.2) is 17.3 Å². The molecule has 0 aliphatic rings. The average molecular weight is 490 g/mol. The lowest BCUT2D eigenvalue weighted by Gasteiger charge is -2.24. The highest BCUT2D eigenvalue weighted by molar-refractivity contribution is 5.81. The van der Waals surface area contributed by atoms with Crippen LogP contribution in [-0.4, -0.2) is 41.4 Å². The molecule has 9 heteroatoms. The number of rotatable bonds is 17. The van der Waals surface area contributed by atoms with Crippen LogP contribution in [0.15, 0.2) is 0 Å². The van der Waals surface area contributed by atoms with Gasteiger partial charge in [-0.3, -0.25) is 0 Å². The standard InChI is InChI=1S/C26H43N5O4/c1-6-10-14-32-20-18(5)19(24-29-25(27)31-26(28)30-24)21(33-15-11-7-2)23(35-17-13-9-4)22(20)34-16-12-8-3/h6-17H2,1-5H3,(H4,27,28,29,30,31). The number of benzene rings is 1. The molecular weight excluding hydrogens is 446 g/mol. The molecule has 0 aliphatic heterocycles. The number of aromatic nitrogens is 3. The van der Waals surface area contributed by atoms with Crippen molar-refractivity contribution in [2.75, 3.05) is 37.9 Å². The Morgan fingerprint density at radius 1 is 0.543 bits per heavy atom. The summed E-state index contributed by atoms with van der Waals surface area (Å²) in [5.41, 5.74) is 13.3. The third-order valence-corrected chi connectivity index (χ3v) is 5.43. The van der Waals surface area contributed by atoms with E-state index in [9.17, 15) is 0 Å². The summed E-state index contributed by atoms with van der Waals surface area (Å²) < 4.78 is 25.3. The summed E-state index contributed by atoms with van der Waals surface area (Å²) in [6.45, 7) is 12.6. The van der Waals surface area contributed by atoms with E-state index in [4.69, 9.17) is 30.4 Å². The summed E-state index contributed by atoms with van der Waals surface area (Å²) >= 11 is 0. The Bertz CT molecular complexity index is 903. The number of nitrogens with zero attached hydrogens (tertiary/aromatic N) is 3. The van der Waals surface area contributed by atoms with Gasteiger partial charge in [-0.1, -0.05) is 53.4 Å². The molecule has 0 atom stereocenters. The Labute approximate surface area is 209 Å². The third kappa shape index (κ3) is 8.04. The van der Waals surface area contributed by atoms with Crippen LogP contribution < -0.4 is 30.4 Å². The van der Waals surface area contributed by atoms with Crippen molar-refractivity contribution in [2.24, 2.45) is 0 Å². The minimum Gasteiger partial charge on any atom is -0.489 e. The summed E-state index contributed by atoms with van der Waals surface area (Å²) in [4.78, 5) is 12.7. The van der Waals surface area contributed by atoms with E-state index in [1.807, 2.05) is 6.92 Å². The predicted molar refractivity (Wildman–Crippen MR) is 140 cm³/mol. The van der Waals surface area contributed by atoms with Crippen molar-refractivity contribution in [1.82, 2.24) is 15.0 Å². The SMILES string of the molecule is CCCCOc1c(C)c(-c2nc(N)nc(N)n2)c(OCCCC)c(OCCCC)c1OCCCC. The second-order valence-corrected chi connectivity index (χ2v) is 8.50. The zero-order valence-corrected chi connectivity index (χ0v) is 22.1. The molecule has 0 bridgehead atoms. The molecule has 4 N–H and O–H groups in total. The lowest BCUT2D eigenvalue weighted by atomic mass is 10.0. The minimum atomic E-state index is 0.0385. The largest absolute Gasteiger partial charge is 0.489 e. The molecule has 35 heavy (non-hydrogen) atoms. The molecule has 0 saturated heterocycles. The Kier molecular flexibility index (Phi) is 12.2. The number of ether oxygens (including phenoxy) is 4. The molecule has 2 aromatic rings. The first-order chi connectivity index (χ1) is 17.0. The zero-order valence-electron chi connectivity index (χ0n) is 22.1. The molecule has 196 valence electrons. The lowest BCUT2D eigenvalue weighted by molar-refractivity contribution is 0.221. The van der Waals surface area contributed by atoms with Crippen LogP contribution in [0.2, 0.25) is 0 Å². The number of anilines is 2. The lowest BCUT2D eigenvalue weighted by Crippen LogP contribution is -2.12. The van der Waals surface area contributed by atoms with E-state index in [0.717, 1.165) is 56.9 Å². The number of hydrogen-bond donors (Lipinski definition) is 2. The van der Waals surface area contributed by atoms with Gasteiger partial charge in [0.05, 0.1) is 32.0 Å². The van der Waals surface area contributed by atoms with Crippen LogP contribution in [0.5, 0.6) is 23.0 Å². The minimum absolute atomic E-state index is 0.0385. The normalized spacial score (nSPS) is 10.9. The van der Waals surface area contributed by atoms with Crippen LogP contribution >= 0.6 is 0 Å². The second kappa shape index (κ2) is 15.1. The topological polar surface area (TPSA) is 128 Å². The summed E-state index contributed by atoms with van der Waals surface area (Å²) in [7, 11) is 0. The number of nitrogens with two attached hydrogens (primary N) is 2. The summed E-state index contributed by atoms with van der Waals surface area (Å²) in [5, 5.41) is 0. The van der Waals surface area contributed by atoms with Crippen LogP contribution in [-0.2, 0) is 0 Å². The first-order valence-corrected chi connectivity index (χ1v) is 13.0. The molecule has 9 nitrogen and oxygen atoms in total. The molecule has 1 aromatic carbocycles. The Hall–Kier alpha value is -2.97. The third-order valence-electron chi connectivity index (χ3n) is 5.43. The monoisotopic (exact) mass is 489 g/mol.